The molecule has 0 aliphatic carbocycles. The van der Waals surface area contributed by atoms with Gasteiger partial charge in [0.15, 0.2) is 0 Å². The van der Waals surface area contributed by atoms with Crippen LogP contribution >= 0.6 is 11.6 Å². The Morgan fingerprint density at radius 3 is 2.70 bits per heavy atom. The number of aromatic nitrogens is 2. The highest BCUT2D eigenvalue weighted by atomic mass is 35.5. The number of ether oxygens (including phenoxy) is 1. The van der Waals surface area contributed by atoms with E-state index in [0.717, 1.165) is 0 Å². The molecule has 2 aromatic rings. The van der Waals surface area contributed by atoms with Crippen molar-refractivity contribution in [1.82, 2.24) is 9.97 Å². The first-order valence-corrected chi connectivity index (χ1v) is 7.69. The molecule has 0 saturated carbocycles. The normalized spacial score (nSPS) is 10.4. The van der Waals surface area contributed by atoms with Crippen LogP contribution in [-0.4, -0.2) is 28.5 Å². The quantitative estimate of drug-likeness (QED) is 0.812. The molecule has 0 spiro atoms. The summed E-state index contributed by atoms with van der Waals surface area (Å²) < 4.78 is 5.55. The molecule has 0 fully saturated rings. The number of hydrogen-bond acceptors (Lipinski definition) is 5. The molecule has 0 saturated heterocycles. The molecule has 23 heavy (non-hydrogen) atoms. The minimum atomic E-state index is -0.123. The number of carbonyl (C=O) groups is 1. The average Bonchev–Trinajstić information content (AvgIpc) is 2.51. The van der Waals surface area contributed by atoms with Gasteiger partial charge >= 0.3 is 0 Å². The first kappa shape index (κ1) is 17.0. The summed E-state index contributed by atoms with van der Waals surface area (Å²) in [5, 5.41) is 6.23. The third-order valence-corrected chi connectivity index (χ3v) is 3.07. The highest BCUT2D eigenvalue weighted by Gasteiger charge is 2.07. The number of halogens is 1. The van der Waals surface area contributed by atoms with E-state index >= 15 is 0 Å². The number of anilines is 2. The van der Waals surface area contributed by atoms with E-state index in [1.165, 1.54) is 0 Å². The van der Waals surface area contributed by atoms with Crippen LogP contribution in [0.5, 0.6) is 5.75 Å². The molecule has 0 bridgehead atoms. The van der Waals surface area contributed by atoms with Crippen LogP contribution < -0.4 is 15.4 Å². The number of carbonyl (C=O) groups excluding carboxylic acids is 1. The molecule has 2 rings (SSSR count). The van der Waals surface area contributed by atoms with Crippen LogP contribution in [-0.2, 0) is 4.79 Å². The molecule has 1 amide bonds. The molecule has 2 N–H and O–H groups in total. The average molecular weight is 335 g/mol. The Labute approximate surface area is 140 Å². The van der Waals surface area contributed by atoms with E-state index in [1.54, 1.807) is 36.7 Å². The predicted molar refractivity (Wildman–Crippen MR) is 91.0 cm³/mol. The number of nitrogens with one attached hydrogen (secondary N) is 2. The van der Waals surface area contributed by atoms with Crippen molar-refractivity contribution in [3.63, 3.8) is 0 Å². The van der Waals surface area contributed by atoms with Crippen molar-refractivity contribution in [3.8, 4) is 5.75 Å². The van der Waals surface area contributed by atoms with Crippen LogP contribution in [0.4, 0.5) is 11.6 Å². The second-order valence-electron chi connectivity index (χ2n) is 5.11. The van der Waals surface area contributed by atoms with Gasteiger partial charge in [0.1, 0.15) is 5.75 Å². The first-order valence-electron chi connectivity index (χ1n) is 7.31. The van der Waals surface area contributed by atoms with E-state index in [0.29, 0.717) is 35.4 Å². The van der Waals surface area contributed by atoms with E-state index in [1.807, 2.05) is 13.8 Å². The third kappa shape index (κ3) is 5.75. The predicted octanol–water partition coefficient (Wildman–Crippen LogP) is 3.36. The Kier molecular flexibility index (Phi) is 6.17. The minimum absolute atomic E-state index is 0.0409. The summed E-state index contributed by atoms with van der Waals surface area (Å²) >= 11 is 6.14. The monoisotopic (exact) mass is 334 g/mol. The molecule has 0 aliphatic rings. The molecule has 7 heteroatoms. The Morgan fingerprint density at radius 2 is 2.04 bits per heavy atom. The van der Waals surface area contributed by atoms with Gasteiger partial charge in [-0.15, -0.1) is 0 Å². The molecular weight excluding hydrogens is 316 g/mol. The fourth-order valence-electron chi connectivity index (χ4n) is 1.83. The molecule has 0 aliphatic heterocycles. The Morgan fingerprint density at radius 1 is 1.30 bits per heavy atom. The fraction of sp³-hybridized carbons (Fsp3) is 0.312. The molecule has 1 aromatic heterocycles. The lowest BCUT2D eigenvalue weighted by atomic mass is 10.3. The zero-order valence-corrected chi connectivity index (χ0v) is 13.8. The summed E-state index contributed by atoms with van der Waals surface area (Å²) in [6, 6.07) is 6.91. The highest BCUT2D eigenvalue weighted by molar-refractivity contribution is 6.32. The lowest BCUT2D eigenvalue weighted by molar-refractivity contribution is -0.115. The van der Waals surface area contributed by atoms with E-state index in [9.17, 15) is 4.79 Å². The van der Waals surface area contributed by atoms with E-state index in [-0.39, 0.29) is 12.0 Å². The molecule has 1 aromatic carbocycles. The van der Waals surface area contributed by atoms with Gasteiger partial charge in [0.2, 0.25) is 11.9 Å². The summed E-state index contributed by atoms with van der Waals surface area (Å²) in [7, 11) is 0. The van der Waals surface area contributed by atoms with Crippen LogP contribution in [0.1, 0.15) is 20.3 Å². The minimum Gasteiger partial charge on any atom is -0.489 e. The maximum atomic E-state index is 11.9. The number of rotatable bonds is 7. The Balaban J connectivity index is 1.82. The number of amides is 1. The molecule has 0 atom stereocenters. The van der Waals surface area contributed by atoms with E-state index in [4.69, 9.17) is 16.3 Å². The fourth-order valence-corrected chi connectivity index (χ4v) is 2.05. The molecule has 0 radical (unpaired) electrons. The van der Waals surface area contributed by atoms with Gasteiger partial charge in [-0.2, -0.15) is 0 Å². The summed E-state index contributed by atoms with van der Waals surface area (Å²) in [6.45, 7) is 4.29. The molecule has 6 nitrogen and oxygen atoms in total. The van der Waals surface area contributed by atoms with Gasteiger partial charge < -0.3 is 15.4 Å². The molecular formula is C16H19ClN4O2. The van der Waals surface area contributed by atoms with Crippen molar-refractivity contribution in [1.29, 1.82) is 0 Å². The van der Waals surface area contributed by atoms with E-state index < -0.39 is 0 Å². The van der Waals surface area contributed by atoms with Crippen LogP contribution in [0.3, 0.4) is 0 Å². The van der Waals surface area contributed by atoms with Crippen LogP contribution in [0, 0.1) is 0 Å². The molecule has 0 unspecified atom stereocenters. The van der Waals surface area contributed by atoms with Gasteiger partial charge in [-0.05, 0) is 38.1 Å². The topological polar surface area (TPSA) is 76.1 Å². The first-order chi connectivity index (χ1) is 11.0. The zero-order chi connectivity index (χ0) is 16.7. The lowest BCUT2D eigenvalue weighted by Gasteiger charge is -2.12. The number of nitrogens with zero attached hydrogens (tertiary/aromatic N) is 2. The van der Waals surface area contributed by atoms with Crippen LogP contribution in [0.25, 0.3) is 0 Å². The van der Waals surface area contributed by atoms with Crippen molar-refractivity contribution in [3.05, 3.63) is 41.7 Å². The maximum absolute atomic E-state index is 11.9. The van der Waals surface area contributed by atoms with Crippen LogP contribution in [0.2, 0.25) is 5.02 Å². The largest absolute Gasteiger partial charge is 0.489 e. The van der Waals surface area contributed by atoms with Crippen molar-refractivity contribution in [2.75, 3.05) is 17.2 Å². The van der Waals surface area contributed by atoms with Crippen molar-refractivity contribution in [2.45, 2.75) is 26.4 Å². The number of benzene rings is 1. The SMILES string of the molecule is CC(C)Oc1ccc(NC(=O)CCNc2ncccn2)cc1Cl. The highest BCUT2D eigenvalue weighted by Crippen LogP contribution is 2.28. The summed E-state index contributed by atoms with van der Waals surface area (Å²) in [5.74, 6) is 0.975. The standard InChI is InChI=1S/C16H19ClN4O2/c1-11(2)23-14-5-4-12(10-13(14)17)21-15(22)6-9-20-16-18-7-3-8-19-16/h3-5,7-8,10-11H,6,9H2,1-2H3,(H,21,22)(H,18,19,20). The zero-order valence-electron chi connectivity index (χ0n) is 13.0. The lowest BCUT2D eigenvalue weighted by Crippen LogP contribution is -2.17. The summed E-state index contributed by atoms with van der Waals surface area (Å²) in [4.78, 5) is 19.9. The third-order valence-electron chi connectivity index (χ3n) is 2.78. The van der Waals surface area contributed by atoms with Gasteiger partial charge in [-0.1, -0.05) is 11.6 Å². The summed E-state index contributed by atoms with van der Waals surface area (Å²) in [5.41, 5.74) is 0.632. The van der Waals surface area contributed by atoms with Gasteiger partial charge in [-0.25, -0.2) is 9.97 Å². The second-order valence-corrected chi connectivity index (χ2v) is 5.52. The maximum Gasteiger partial charge on any atom is 0.226 e. The second kappa shape index (κ2) is 8.33. The molecule has 122 valence electrons. The van der Waals surface area contributed by atoms with E-state index in [2.05, 4.69) is 20.6 Å². The van der Waals surface area contributed by atoms with Gasteiger partial charge in [0.05, 0.1) is 11.1 Å². The van der Waals surface area contributed by atoms with Crippen molar-refractivity contribution < 1.29 is 9.53 Å². The smallest absolute Gasteiger partial charge is 0.226 e. The Bertz CT molecular complexity index is 650. The Hall–Kier alpha value is -2.34. The van der Waals surface area contributed by atoms with Gasteiger partial charge in [-0.3, -0.25) is 4.79 Å². The van der Waals surface area contributed by atoms with Crippen molar-refractivity contribution in [2.24, 2.45) is 0 Å². The number of hydrogen-bond donors (Lipinski definition) is 2. The van der Waals surface area contributed by atoms with Gasteiger partial charge in [0, 0.05) is 31.0 Å². The summed E-state index contributed by atoms with van der Waals surface area (Å²) in [6.07, 6.45) is 3.61. The van der Waals surface area contributed by atoms with Crippen molar-refractivity contribution >= 4 is 29.1 Å². The van der Waals surface area contributed by atoms with Crippen LogP contribution in [0.15, 0.2) is 36.7 Å². The molecule has 1 heterocycles. The van der Waals surface area contributed by atoms with Gasteiger partial charge in [0.25, 0.3) is 0 Å².